The molecule has 1 aromatic carbocycles. The van der Waals surface area contributed by atoms with Crippen molar-refractivity contribution < 1.29 is 4.79 Å². The Labute approximate surface area is 144 Å². The maximum Gasteiger partial charge on any atom is 0.272 e. The van der Waals surface area contributed by atoms with Crippen LogP contribution in [-0.4, -0.2) is 37.1 Å². The Hall–Kier alpha value is -2.96. The van der Waals surface area contributed by atoms with E-state index in [0.717, 1.165) is 18.5 Å². The number of nitrogens with one attached hydrogen (secondary N) is 1. The van der Waals surface area contributed by atoms with Gasteiger partial charge in [-0.15, -0.1) is 0 Å². The molecule has 1 amide bonds. The van der Waals surface area contributed by atoms with Crippen LogP contribution in [0.1, 0.15) is 40.9 Å². The monoisotopic (exact) mass is 337 g/mol. The van der Waals surface area contributed by atoms with Gasteiger partial charge in [0.2, 0.25) is 0 Å². The Morgan fingerprint density at radius 2 is 2.12 bits per heavy atom. The van der Waals surface area contributed by atoms with Crippen molar-refractivity contribution in [3.05, 3.63) is 57.9 Å². The number of carbonyl (C=O) groups excluding carboxylic acids is 1. The van der Waals surface area contributed by atoms with Crippen LogP contribution < -0.4 is 5.56 Å². The molecule has 4 rings (SSSR count). The zero-order chi connectivity index (χ0) is 17.6. The minimum atomic E-state index is -0.222. The molecule has 1 fully saturated rings. The van der Waals surface area contributed by atoms with Gasteiger partial charge in [0.15, 0.2) is 0 Å². The fraction of sp³-hybridized carbons (Fsp3) is 0.333. The number of H-pyrrole nitrogens is 1. The number of likely N-dealkylation sites (tertiary alicyclic amines) is 1. The maximum atomic E-state index is 13.0. The molecule has 7 heteroatoms. The van der Waals surface area contributed by atoms with Crippen LogP contribution in [0, 0.1) is 6.92 Å². The summed E-state index contributed by atoms with van der Waals surface area (Å²) >= 11 is 0. The molecule has 7 nitrogen and oxygen atoms in total. The highest BCUT2D eigenvalue weighted by Gasteiger charge is 2.33. The van der Waals surface area contributed by atoms with Crippen LogP contribution in [0.4, 0.5) is 0 Å². The van der Waals surface area contributed by atoms with Crippen LogP contribution in [0.2, 0.25) is 0 Å². The topological polar surface area (TPSA) is 83.9 Å². The van der Waals surface area contributed by atoms with Gasteiger partial charge in [0.25, 0.3) is 11.5 Å². The molecule has 0 bridgehead atoms. The van der Waals surface area contributed by atoms with Crippen molar-refractivity contribution >= 4 is 16.8 Å². The molecule has 1 atom stereocenters. The minimum absolute atomic E-state index is 0.0820. The predicted molar refractivity (Wildman–Crippen MR) is 93.3 cm³/mol. The average Bonchev–Trinajstić information content (AvgIpc) is 3.20. The van der Waals surface area contributed by atoms with Crippen molar-refractivity contribution in [2.75, 3.05) is 6.54 Å². The highest BCUT2D eigenvalue weighted by molar-refractivity contribution is 5.93. The second-order valence-electron chi connectivity index (χ2n) is 6.42. The molecule has 1 N–H and O–H groups in total. The second-order valence-corrected chi connectivity index (χ2v) is 6.42. The first-order chi connectivity index (χ1) is 12.0. The number of carbonyl (C=O) groups is 1. The van der Waals surface area contributed by atoms with Crippen molar-refractivity contribution in [3.63, 3.8) is 0 Å². The molecule has 25 heavy (non-hydrogen) atoms. The van der Waals surface area contributed by atoms with Gasteiger partial charge in [0.05, 0.1) is 22.6 Å². The first-order valence-electron chi connectivity index (χ1n) is 8.35. The minimum Gasteiger partial charge on any atom is -0.327 e. The lowest BCUT2D eigenvalue weighted by atomic mass is 10.1. The van der Waals surface area contributed by atoms with E-state index in [-0.39, 0.29) is 17.5 Å². The van der Waals surface area contributed by atoms with E-state index in [2.05, 4.69) is 15.1 Å². The summed E-state index contributed by atoms with van der Waals surface area (Å²) in [4.78, 5) is 34.6. The molecule has 0 radical (unpaired) electrons. The average molecular weight is 337 g/mol. The normalized spacial score (nSPS) is 17.4. The quantitative estimate of drug-likeness (QED) is 0.774. The standard InChI is InChI=1S/C18H19N5O2/c1-11-10-15(22(2)21-11)18(25)23-9-5-8-14(23)16-19-13-7-4-3-6-12(13)17(24)20-16/h3-4,6-7,10,14H,5,8-9H2,1-2H3,(H,19,20,24). The van der Waals surface area contributed by atoms with E-state index in [1.54, 1.807) is 28.8 Å². The van der Waals surface area contributed by atoms with Gasteiger partial charge in [-0.2, -0.15) is 5.10 Å². The lowest BCUT2D eigenvalue weighted by molar-refractivity contribution is 0.0718. The van der Waals surface area contributed by atoms with E-state index >= 15 is 0 Å². The van der Waals surface area contributed by atoms with Gasteiger partial charge in [0.1, 0.15) is 11.5 Å². The predicted octanol–water partition coefficient (Wildman–Crippen LogP) is 1.94. The molecule has 3 aromatic rings. The number of aryl methyl sites for hydroxylation is 2. The number of aromatic nitrogens is 4. The molecule has 0 saturated carbocycles. The molecule has 3 heterocycles. The van der Waals surface area contributed by atoms with Gasteiger partial charge in [0, 0.05) is 13.6 Å². The number of para-hydroxylation sites is 1. The molecule has 1 aliphatic heterocycles. The van der Waals surface area contributed by atoms with E-state index in [1.807, 2.05) is 25.1 Å². The highest BCUT2D eigenvalue weighted by atomic mass is 16.2. The van der Waals surface area contributed by atoms with Crippen LogP contribution >= 0.6 is 0 Å². The summed E-state index contributed by atoms with van der Waals surface area (Å²) in [6.07, 6.45) is 1.66. The number of amides is 1. The van der Waals surface area contributed by atoms with Crippen molar-refractivity contribution in [2.24, 2.45) is 7.05 Å². The summed E-state index contributed by atoms with van der Waals surface area (Å²) in [7, 11) is 1.77. The van der Waals surface area contributed by atoms with Crippen LogP contribution in [-0.2, 0) is 7.05 Å². The van der Waals surface area contributed by atoms with E-state index < -0.39 is 0 Å². The Bertz CT molecular complexity index is 1020. The molecule has 1 unspecified atom stereocenters. The molecule has 0 aliphatic carbocycles. The zero-order valence-corrected chi connectivity index (χ0v) is 14.2. The molecular weight excluding hydrogens is 318 g/mol. The van der Waals surface area contributed by atoms with Crippen LogP contribution in [0.25, 0.3) is 10.9 Å². The van der Waals surface area contributed by atoms with Gasteiger partial charge in [-0.3, -0.25) is 14.3 Å². The first kappa shape index (κ1) is 15.6. The smallest absolute Gasteiger partial charge is 0.272 e. The SMILES string of the molecule is Cc1cc(C(=O)N2CCCC2c2nc3ccccc3c(=O)[nH]2)n(C)n1. The molecule has 2 aromatic heterocycles. The van der Waals surface area contributed by atoms with Gasteiger partial charge in [-0.05, 0) is 38.0 Å². The molecule has 0 spiro atoms. The van der Waals surface area contributed by atoms with Gasteiger partial charge in [-0.25, -0.2) is 4.98 Å². The maximum absolute atomic E-state index is 13.0. The number of nitrogens with zero attached hydrogens (tertiary/aromatic N) is 4. The Kier molecular flexibility index (Phi) is 3.63. The van der Waals surface area contributed by atoms with Crippen LogP contribution in [0.15, 0.2) is 35.1 Å². The van der Waals surface area contributed by atoms with Gasteiger partial charge in [-0.1, -0.05) is 12.1 Å². The van der Waals surface area contributed by atoms with Crippen LogP contribution in [0.3, 0.4) is 0 Å². The number of benzene rings is 1. The van der Waals surface area contributed by atoms with E-state index in [0.29, 0.717) is 29.0 Å². The van der Waals surface area contributed by atoms with E-state index in [4.69, 9.17) is 0 Å². The summed E-state index contributed by atoms with van der Waals surface area (Å²) in [5, 5.41) is 4.81. The third-order valence-electron chi connectivity index (χ3n) is 4.68. The number of aromatic amines is 1. The Balaban J connectivity index is 1.73. The number of hydrogen-bond donors (Lipinski definition) is 1. The Morgan fingerprint density at radius 3 is 2.88 bits per heavy atom. The third kappa shape index (κ3) is 2.61. The van der Waals surface area contributed by atoms with Crippen LogP contribution in [0.5, 0.6) is 0 Å². The summed E-state index contributed by atoms with van der Waals surface area (Å²) < 4.78 is 1.60. The fourth-order valence-corrected chi connectivity index (χ4v) is 3.51. The molecule has 128 valence electrons. The second kappa shape index (κ2) is 5.84. The first-order valence-corrected chi connectivity index (χ1v) is 8.35. The van der Waals surface area contributed by atoms with E-state index in [9.17, 15) is 9.59 Å². The van der Waals surface area contributed by atoms with Crippen molar-refractivity contribution in [1.29, 1.82) is 0 Å². The summed E-state index contributed by atoms with van der Waals surface area (Å²) in [6, 6.07) is 8.80. The van der Waals surface area contributed by atoms with Gasteiger partial charge >= 0.3 is 0 Å². The number of hydrogen-bond acceptors (Lipinski definition) is 4. The van der Waals surface area contributed by atoms with Crippen molar-refractivity contribution in [3.8, 4) is 0 Å². The lowest BCUT2D eigenvalue weighted by Gasteiger charge is -2.24. The van der Waals surface area contributed by atoms with Crippen molar-refractivity contribution in [2.45, 2.75) is 25.8 Å². The van der Waals surface area contributed by atoms with Crippen molar-refractivity contribution in [1.82, 2.24) is 24.6 Å². The molecule has 1 saturated heterocycles. The summed E-state index contributed by atoms with van der Waals surface area (Å²) in [5.41, 5.74) is 1.83. The number of rotatable bonds is 2. The fourth-order valence-electron chi connectivity index (χ4n) is 3.51. The Morgan fingerprint density at radius 1 is 1.32 bits per heavy atom. The summed E-state index contributed by atoms with van der Waals surface area (Å²) in [5.74, 6) is 0.467. The third-order valence-corrected chi connectivity index (χ3v) is 4.68. The zero-order valence-electron chi connectivity index (χ0n) is 14.2. The number of fused-ring (bicyclic) bond motifs is 1. The highest BCUT2D eigenvalue weighted by Crippen LogP contribution is 2.31. The van der Waals surface area contributed by atoms with E-state index in [1.165, 1.54) is 0 Å². The largest absolute Gasteiger partial charge is 0.327 e. The molecular formula is C18H19N5O2. The summed E-state index contributed by atoms with van der Waals surface area (Å²) in [6.45, 7) is 2.50. The lowest BCUT2D eigenvalue weighted by Crippen LogP contribution is -2.33. The van der Waals surface area contributed by atoms with Gasteiger partial charge < -0.3 is 9.88 Å². The molecule has 1 aliphatic rings.